The molecule has 1 unspecified atom stereocenters. The molecule has 2 heterocycles. The van der Waals surface area contributed by atoms with Crippen LogP contribution < -0.4 is 10.0 Å². The molecule has 2 aliphatic carbocycles. The van der Waals surface area contributed by atoms with E-state index in [9.17, 15) is 36.2 Å². The standard InChI is InChI=1S/C22H26F5N5O3S/c1-20(10-21(23,24)11-20)12-31-18(16(22(25,26)27)17(30-31)13-5-3-4-6-13)19(33)29-14-7-8-32(34)15(9-14)36(2,28)35/h7-9,13,28H,3-6,10-12H2,1-2H3,(H,29,33). The number of carbonyl (C=O) groups is 1. The Morgan fingerprint density at radius 2 is 1.94 bits per heavy atom. The van der Waals surface area contributed by atoms with E-state index in [1.807, 2.05) is 0 Å². The molecule has 36 heavy (non-hydrogen) atoms. The van der Waals surface area contributed by atoms with Gasteiger partial charge in [-0.05, 0) is 18.3 Å². The molecule has 2 N–H and O–H groups in total. The summed E-state index contributed by atoms with van der Waals surface area (Å²) in [6, 6.07) is 2.05. The Bertz CT molecular complexity index is 1290. The molecule has 14 heteroatoms. The second-order valence-corrected chi connectivity index (χ2v) is 12.2. The molecule has 2 fully saturated rings. The zero-order chi connectivity index (χ0) is 26.7. The van der Waals surface area contributed by atoms with Crippen LogP contribution in [0.4, 0.5) is 27.6 Å². The van der Waals surface area contributed by atoms with Crippen LogP contribution in [0.15, 0.2) is 23.4 Å². The fourth-order valence-electron chi connectivity index (χ4n) is 5.28. The first-order valence-corrected chi connectivity index (χ1v) is 13.3. The van der Waals surface area contributed by atoms with Gasteiger partial charge in [0.15, 0.2) is 6.20 Å². The highest BCUT2D eigenvalue weighted by molar-refractivity contribution is 7.91. The summed E-state index contributed by atoms with van der Waals surface area (Å²) in [6.07, 6.45) is -1.79. The number of amides is 1. The molecule has 4 rings (SSSR count). The molecule has 0 spiro atoms. The summed E-state index contributed by atoms with van der Waals surface area (Å²) in [4.78, 5) is 13.3. The first-order chi connectivity index (χ1) is 16.5. The van der Waals surface area contributed by atoms with E-state index in [-0.39, 0.29) is 22.7 Å². The average Bonchev–Trinajstić information content (AvgIpc) is 3.34. The van der Waals surface area contributed by atoms with Gasteiger partial charge >= 0.3 is 6.18 Å². The largest absolute Gasteiger partial charge is 0.618 e. The predicted octanol–water partition coefficient (Wildman–Crippen LogP) is 4.92. The maximum absolute atomic E-state index is 14.3. The summed E-state index contributed by atoms with van der Waals surface area (Å²) in [5.41, 5.74) is -3.46. The first-order valence-electron chi connectivity index (χ1n) is 11.3. The summed E-state index contributed by atoms with van der Waals surface area (Å²) in [5, 5.41) is 17.9. The van der Waals surface area contributed by atoms with Gasteiger partial charge in [-0.2, -0.15) is 23.0 Å². The Kier molecular flexibility index (Phi) is 6.33. The Morgan fingerprint density at radius 3 is 2.47 bits per heavy atom. The first kappa shape index (κ1) is 26.3. The molecule has 2 aliphatic rings. The average molecular weight is 536 g/mol. The summed E-state index contributed by atoms with van der Waals surface area (Å²) in [6.45, 7) is 1.20. The van der Waals surface area contributed by atoms with Gasteiger partial charge < -0.3 is 10.5 Å². The predicted molar refractivity (Wildman–Crippen MR) is 119 cm³/mol. The van der Waals surface area contributed by atoms with Crippen molar-refractivity contribution in [2.75, 3.05) is 11.6 Å². The molecule has 0 bridgehead atoms. The molecule has 2 aromatic rings. The molecule has 0 aliphatic heterocycles. The Balaban J connectivity index is 1.79. The van der Waals surface area contributed by atoms with Gasteiger partial charge in [-0.15, -0.1) is 0 Å². The number of anilines is 1. The lowest BCUT2D eigenvalue weighted by Gasteiger charge is -2.44. The van der Waals surface area contributed by atoms with Gasteiger partial charge in [0, 0.05) is 43.7 Å². The minimum absolute atomic E-state index is 0.145. The van der Waals surface area contributed by atoms with E-state index >= 15 is 0 Å². The van der Waals surface area contributed by atoms with Gasteiger partial charge in [0.2, 0.25) is 5.92 Å². The number of hydrogen-bond acceptors (Lipinski definition) is 5. The van der Waals surface area contributed by atoms with E-state index in [0.717, 1.165) is 29.3 Å². The van der Waals surface area contributed by atoms with Crippen LogP contribution in [0.5, 0.6) is 0 Å². The molecule has 0 radical (unpaired) electrons. The number of hydrogen-bond donors (Lipinski definition) is 2. The van der Waals surface area contributed by atoms with Crippen molar-refractivity contribution in [3.8, 4) is 0 Å². The number of aromatic nitrogens is 3. The lowest BCUT2D eigenvalue weighted by atomic mass is 9.67. The van der Waals surface area contributed by atoms with Crippen molar-refractivity contribution < 1.29 is 35.7 Å². The molecular formula is C22H26F5N5O3S. The number of carbonyl (C=O) groups excluding carboxylic acids is 1. The topological polar surface area (TPSA) is 115 Å². The second kappa shape index (κ2) is 8.67. The van der Waals surface area contributed by atoms with E-state index in [0.29, 0.717) is 25.7 Å². The van der Waals surface area contributed by atoms with Crippen LogP contribution in [0.3, 0.4) is 0 Å². The van der Waals surface area contributed by atoms with Gasteiger partial charge in [0.05, 0.1) is 11.4 Å². The molecule has 2 aromatic heterocycles. The summed E-state index contributed by atoms with van der Waals surface area (Å²) < 4.78 is 91.0. The Labute approximate surface area is 204 Å². The fraction of sp³-hybridized carbons (Fsp3) is 0.591. The zero-order valence-electron chi connectivity index (χ0n) is 19.6. The molecule has 8 nitrogen and oxygen atoms in total. The van der Waals surface area contributed by atoms with Crippen molar-refractivity contribution in [2.45, 2.75) is 75.0 Å². The normalized spacial score (nSPS) is 21.1. The minimum atomic E-state index is -4.94. The highest BCUT2D eigenvalue weighted by Crippen LogP contribution is 2.53. The van der Waals surface area contributed by atoms with Crippen molar-refractivity contribution in [1.82, 2.24) is 9.78 Å². The van der Waals surface area contributed by atoms with Crippen LogP contribution >= 0.6 is 0 Å². The third-order valence-electron chi connectivity index (χ3n) is 6.66. The Hall–Kier alpha value is -2.77. The van der Waals surface area contributed by atoms with Crippen LogP contribution in [0.1, 0.15) is 73.1 Å². The number of rotatable bonds is 6. The molecule has 0 saturated heterocycles. The van der Waals surface area contributed by atoms with Crippen molar-refractivity contribution in [3.05, 3.63) is 40.5 Å². The van der Waals surface area contributed by atoms with Crippen molar-refractivity contribution in [3.63, 3.8) is 0 Å². The summed E-state index contributed by atoms with van der Waals surface area (Å²) in [5.74, 6) is -4.64. The molecule has 0 aromatic carbocycles. The molecular weight excluding hydrogens is 509 g/mol. The van der Waals surface area contributed by atoms with Crippen molar-refractivity contribution in [2.24, 2.45) is 5.41 Å². The number of pyridine rings is 1. The number of nitrogens with zero attached hydrogens (tertiary/aromatic N) is 3. The summed E-state index contributed by atoms with van der Waals surface area (Å²) >= 11 is 0. The lowest BCUT2D eigenvalue weighted by Crippen LogP contribution is -2.47. The quantitative estimate of drug-likeness (QED) is 0.311. The van der Waals surface area contributed by atoms with Gasteiger partial charge in [0.1, 0.15) is 21.0 Å². The van der Waals surface area contributed by atoms with Gasteiger partial charge in [-0.25, -0.2) is 17.8 Å². The molecule has 1 amide bonds. The summed E-state index contributed by atoms with van der Waals surface area (Å²) in [7, 11) is -3.50. The monoisotopic (exact) mass is 535 g/mol. The van der Waals surface area contributed by atoms with Gasteiger partial charge in [-0.1, -0.05) is 19.8 Å². The third kappa shape index (κ3) is 5.18. The van der Waals surface area contributed by atoms with Gasteiger partial charge in [-0.3, -0.25) is 9.48 Å². The zero-order valence-corrected chi connectivity index (χ0v) is 20.4. The van der Waals surface area contributed by atoms with Gasteiger partial charge in [0.25, 0.3) is 10.9 Å². The molecule has 1 atom stereocenters. The lowest BCUT2D eigenvalue weighted by molar-refractivity contribution is -0.646. The molecule has 2 saturated carbocycles. The van der Waals surface area contributed by atoms with E-state index in [2.05, 4.69) is 10.4 Å². The van der Waals surface area contributed by atoms with Crippen LogP contribution in [-0.2, 0) is 22.5 Å². The van der Waals surface area contributed by atoms with E-state index in [1.165, 1.54) is 6.92 Å². The second-order valence-electron chi connectivity index (χ2n) is 10.1. The van der Waals surface area contributed by atoms with Crippen LogP contribution in [-0.4, -0.2) is 32.1 Å². The third-order valence-corrected chi connectivity index (χ3v) is 7.76. The van der Waals surface area contributed by atoms with Crippen LogP contribution in [0.2, 0.25) is 0 Å². The van der Waals surface area contributed by atoms with Crippen LogP contribution in [0.25, 0.3) is 0 Å². The highest BCUT2D eigenvalue weighted by Gasteiger charge is 2.54. The van der Waals surface area contributed by atoms with Crippen LogP contribution in [0, 0.1) is 15.4 Å². The number of halogens is 5. The fourth-order valence-corrected chi connectivity index (χ4v) is 6.03. The maximum Gasteiger partial charge on any atom is 0.420 e. The van der Waals surface area contributed by atoms with E-state index in [4.69, 9.17) is 4.78 Å². The SMILES string of the molecule is CC1(Cn2nc(C3CCCC3)c(C(F)(F)F)c2C(=O)Nc2cc[n+]([O-])c(S(C)(=N)=O)c2)CC(F)(F)C1. The maximum atomic E-state index is 14.3. The van der Waals surface area contributed by atoms with Crippen molar-refractivity contribution in [1.29, 1.82) is 4.78 Å². The van der Waals surface area contributed by atoms with Crippen molar-refractivity contribution >= 4 is 21.3 Å². The number of alkyl halides is 5. The molecule has 198 valence electrons. The Morgan fingerprint density at radius 1 is 1.33 bits per heavy atom. The smallest absolute Gasteiger partial charge is 0.420 e. The van der Waals surface area contributed by atoms with E-state index < -0.39 is 68.2 Å². The van der Waals surface area contributed by atoms with E-state index in [1.54, 1.807) is 0 Å². The highest BCUT2D eigenvalue weighted by atomic mass is 32.2. The minimum Gasteiger partial charge on any atom is -0.618 e. The number of nitrogens with one attached hydrogen (secondary N) is 2.